The van der Waals surface area contributed by atoms with Gasteiger partial charge in [0.1, 0.15) is 0 Å². The number of guanidine groups is 1. The lowest BCUT2D eigenvalue weighted by atomic mass is 9.95. The molecular formula is C19H31N3OS. The molecule has 1 aromatic rings. The zero-order valence-electron chi connectivity index (χ0n) is 14.9. The van der Waals surface area contributed by atoms with Crippen LogP contribution in [-0.2, 0) is 13.2 Å². The predicted octanol–water partition coefficient (Wildman–Crippen LogP) is 3.30. The molecule has 134 valence electrons. The van der Waals surface area contributed by atoms with Gasteiger partial charge < -0.3 is 15.7 Å². The maximum atomic E-state index is 9.45. The molecule has 24 heavy (non-hydrogen) atoms. The minimum atomic E-state index is 0.0637. The molecule has 2 atom stereocenters. The Morgan fingerprint density at radius 2 is 2.04 bits per heavy atom. The molecule has 5 heteroatoms. The number of nitrogens with one attached hydrogen (secondary N) is 2. The molecule has 3 N–H and O–H groups in total. The predicted molar refractivity (Wildman–Crippen MR) is 104 cm³/mol. The highest BCUT2D eigenvalue weighted by Crippen LogP contribution is 2.28. The third-order valence-electron chi connectivity index (χ3n) is 4.41. The Kier molecular flexibility index (Phi) is 8.47. The van der Waals surface area contributed by atoms with E-state index >= 15 is 0 Å². The number of benzene rings is 1. The first-order chi connectivity index (χ1) is 11.8. The van der Waals surface area contributed by atoms with Crippen molar-refractivity contribution in [1.29, 1.82) is 0 Å². The van der Waals surface area contributed by atoms with Gasteiger partial charge in [0.05, 0.1) is 13.2 Å². The molecule has 0 bridgehead atoms. The van der Waals surface area contributed by atoms with Gasteiger partial charge in [-0.3, -0.25) is 0 Å². The second kappa shape index (κ2) is 10.6. The molecule has 4 nitrogen and oxygen atoms in total. The summed E-state index contributed by atoms with van der Waals surface area (Å²) in [6, 6.07) is 8.45. The van der Waals surface area contributed by atoms with Crippen LogP contribution in [0.1, 0.15) is 50.7 Å². The van der Waals surface area contributed by atoms with E-state index in [0.29, 0.717) is 12.6 Å². The summed E-state index contributed by atoms with van der Waals surface area (Å²) in [5.41, 5.74) is 2.04. The molecule has 1 fully saturated rings. The van der Waals surface area contributed by atoms with Gasteiger partial charge in [0.25, 0.3) is 0 Å². The zero-order valence-corrected chi connectivity index (χ0v) is 15.7. The average molecular weight is 350 g/mol. The Bertz CT molecular complexity index is 519. The first kappa shape index (κ1) is 19.1. The van der Waals surface area contributed by atoms with E-state index in [1.54, 1.807) is 0 Å². The van der Waals surface area contributed by atoms with Crippen molar-refractivity contribution in [1.82, 2.24) is 10.6 Å². The van der Waals surface area contributed by atoms with Gasteiger partial charge >= 0.3 is 0 Å². The number of aliphatic hydroxyl groups excluding tert-OH is 1. The second-order valence-corrected chi connectivity index (χ2v) is 7.78. The van der Waals surface area contributed by atoms with Gasteiger partial charge in [-0.2, -0.15) is 11.8 Å². The van der Waals surface area contributed by atoms with Crippen LogP contribution in [0.4, 0.5) is 0 Å². The Balaban J connectivity index is 1.97. The maximum Gasteiger partial charge on any atom is 0.191 e. The number of aliphatic imine (C=N–C) groups is 1. The van der Waals surface area contributed by atoms with Crippen LogP contribution < -0.4 is 10.6 Å². The number of aliphatic hydroxyl groups is 1. The lowest BCUT2D eigenvalue weighted by molar-refractivity contribution is 0.280. The van der Waals surface area contributed by atoms with E-state index in [-0.39, 0.29) is 6.61 Å². The molecule has 1 saturated carbocycles. The largest absolute Gasteiger partial charge is 0.392 e. The summed E-state index contributed by atoms with van der Waals surface area (Å²) >= 11 is 2.08. The minimum Gasteiger partial charge on any atom is -0.392 e. The number of hydrogen-bond acceptors (Lipinski definition) is 3. The van der Waals surface area contributed by atoms with E-state index < -0.39 is 0 Å². The normalized spacial score (nSPS) is 21.5. The van der Waals surface area contributed by atoms with E-state index in [1.807, 2.05) is 24.3 Å². The number of rotatable bonds is 7. The van der Waals surface area contributed by atoms with E-state index in [0.717, 1.165) is 28.9 Å². The summed E-state index contributed by atoms with van der Waals surface area (Å²) < 4.78 is 0. The van der Waals surface area contributed by atoms with E-state index in [2.05, 4.69) is 36.2 Å². The molecule has 0 saturated heterocycles. The summed E-state index contributed by atoms with van der Waals surface area (Å²) in [5, 5.41) is 17.2. The molecule has 0 aromatic heterocycles. The first-order valence-electron chi connectivity index (χ1n) is 9.10. The molecule has 0 heterocycles. The van der Waals surface area contributed by atoms with Crippen LogP contribution in [0, 0.1) is 0 Å². The highest BCUT2D eigenvalue weighted by Gasteiger charge is 2.22. The van der Waals surface area contributed by atoms with E-state index in [9.17, 15) is 5.11 Å². The van der Waals surface area contributed by atoms with Crippen LogP contribution in [0.5, 0.6) is 0 Å². The number of nitrogens with zero attached hydrogens (tertiary/aromatic N) is 1. The lowest BCUT2D eigenvalue weighted by Gasteiger charge is -2.30. The van der Waals surface area contributed by atoms with Crippen LogP contribution in [-0.4, -0.2) is 34.7 Å². The van der Waals surface area contributed by atoms with Crippen molar-refractivity contribution in [2.75, 3.05) is 12.3 Å². The van der Waals surface area contributed by atoms with Gasteiger partial charge in [0, 0.05) is 17.8 Å². The summed E-state index contributed by atoms with van der Waals surface area (Å²) in [5.74, 6) is 2.08. The van der Waals surface area contributed by atoms with E-state index in [1.165, 1.54) is 31.4 Å². The van der Waals surface area contributed by atoms with Crippen LogP contribution in [0.25, 0.3) is 0 Å². The fourth-order valence-corrected chi connectivity index (χ4v) is 4.38. The standard InChI is InChI=1S/C19H31N3OS/c1-3-20-19(21-13-15-8-5-6-9-16(15)14-23)22-17-10-7-11-18(12-17)24-4-2/h5-6,8-9,17-18,23H,3-4,7,10-14H2,1-2H3,(H2,20,21,22). The van der Waals surface area contributed by atoms with Gasteiger partial charge in [-0.1, -0.05) is 37.6 Å². The molecule has 0 amide bonds. The average Bonchev–Trinajstić information content (AvgIpc) is 2.61. The Morgan fingerprint density at radius 3 is 2.75 bits per heavy atom. The SMILES string of the molecule is CCNC(=NCc1ccccc1CO)NC1CCCC(SCC)C1. The van der Waals surface area contributed by atoms with Crippen molar-refractivity contribution in [2.24, 2.45) is 4.99 Å². The first-order valence-corrected chi connectivity index (χ1v) is 10.2. The van der Waals surface area contributed by atoms with Gasteiger partial charge in [0.2, 0.25) is 0 Å². The fourth-order valence-electron chi connectivity index (χ4n) is 3.21. The fraction of sp³-hybridized carbons (Fsp3) is 0.632. The van der Waals surface area contributed by atoms with E-state index in [4.69, 9.17) is 4.99 Å². The molecule has 2 rings (SSSR count). The van der Waals surface area contributed by atoms with Gasteiger partial charge in [-0.25, -0.2) is 4.99 Å². The molecule has 2 unspecified atom stereocenters. The number of thioether (sulfide) groups is 1. The Morgan fingerprint density at radius 1 is 1.25 bits per heavy atom. The van der Waals surface area contributed by atoms with Crippen molar-refractivity contribution in [3.05, 3.63) is 35.4 Å². The zero-order chi connectivity index (χ0) is 17.2. The van der Waals surface area contributed by atoms with Crippen molar-refractivity contribution in [2.45, 2.75) is 64.0 Å². The summed E-state index contributed by atoms with van der Waals surface area (Å²) in [6.45, 7) is 5.84. The third kappa shape index (κ3) is 6.02. The third-order valence-corrected chi connectivity index (χ3v) is 5.64. The van der Waals surface area contributed by atoms with Crippen LogP contribution in [0.3, 0.4) is 0 Å². The van der Waals surface area contributed by atoms with Crippen LogP contribution in [0.15, 0.2) is 29.3 Å². The smallest absolute Gasteiger partial charge is 0.191 e. The second-order valence-electron chi connectivity index (χ2n) is 6.21. The van der Waals surface area contributed by atoms with Gasteiger partial charge in [0.15, 0.2) is 5.96 Å². The molecule has 0 radical (unpaired) electrons. The summed E-state index contributed by atoms with van der Waals surface area (Å²) in [4.78, 5) is 4.73. The molecule has 0 aliphatic heterocycles. The van der Waals surface area contributed by atoms with Gasteiger partial charge in [-0.15, -0.1) is 0 Å². The summed E-state index contributed by atoms with van der Waals surface area (Å²) in [7, 11) is 0. The molecule has 1 aromatic carbocycles. The molecule has 0 spiro atoms. The Labute approximate surface area is 150 Å². The topological polar surface area (TPSA) is 56.7 Å². The van der Waals surface area contributed by atoms with Gasteiger partial charge in [-0.05, 0) is 43.1 Å². The number of hydrogen-bond donors (Lipinski definition) is 3. The molecular weight excluding hydrogens is 318 g/mol. The maximum absolute atomic E-state index is 9.45. The van der Waals surface area contributed by atoms with Crippen molar-refractivity contribution in [3.63, 3.8) is 0 Å². The van der Waals surface area contributed by atoms with Crippen LogP contribution >= 0.6 is 11.8 Å². The molecule has 1 aliphatic rings. The highest BCUT2D eigenvalue weighted by atomic mass is 32.2. The van der Waals surface area contributed by atoms with Crippen LogP contribution in [0.2, 0.25) is 0 Å². The highest BCUT2D eigenvalue weighted by molar-refractivity contribution is 7.99. The van der Waals surface area contributed by atoms with Crippen molar-refractivity contribution in [3.8, 4) is 0 Å². The quantitative estimate of drug-likeness (QED) is 0.522. The van der Waals surface area contributed by atoms with Crippen molar-refractivity contribution < 1.29 is 5.11 Å². The summed E-state index contributed by atoms with van der Waals surface area (Å²) in [6.07, 6.45) is 5.07. The Hall–Kier alpha value is -1.20. The monoisotopic (exact) mass is 349 g/mol. The van der Waals surface area contributed by atoms with Crippen molar-refractivity contribution >= 4 is 17.7 Å². The lowest BCUT2D eigenvalue weighted by Crippen LogP contribution is -2.45. The molecule has 1 aliphatic carbocycles. The minimum absolute atomic E-state index is 0.0637.